The summed E-state index contributed by atoms with van der Waals surface area (Å²) in [6, 6.07) is 35.6. The molecule has 0 saturated heterocycles. The number of aryl methyl sites for hydroxylation is 2. The highest BCUT2D eigenvalue weighted by Gasteiger charge is 2.27. The quantitative estimate of drug-likeness (QED) is 0.198. The number of nitrogens with zero attached hydrogens (tertiary/aromatic N) is 2. The van der Waals surface area contributed by atoms with Crippen LogP contribution in [0.1, 0.15) is 60.9 Å². The minimum Gasteiger partial charge on any atom is -0.345 e. The van der Waals surface area contributed by atoms with Gasteiger partial charge in [-0.3, -0.25) is 0 Å². The van der Waals surface area contributed by atoms with Crippen molar-refractivity contribution < 1.29 is 0 Å². The van der Waals surface area contributed by atoms with Crippen LogP contribution in [0, 0.1) is 13.8 Å². The van der Waals surface area contributed by atoms with Crippen molar-refractivity contribution in [1.29, 1.82) is 0 Å². The molecule has 1 aliphatic heterocycles. The van der Waals surface area contributed by atoms with Crippen LogP contribution in [0.25, 0.3) is 5.57 Å². The number of hydrogen-bond donors (Lipinski definition) is 0. The molecule has 1 heterocycles. The van der Waals surface area contributed by atoms with Crippen molar-refractivity contribution in [2.45, 2.75) is 59.8 Å². The molecule has 0 spiro atoms. The molecule has 7 rings (SSSR count). The maximum atomic E-state index is 2.49. The number of likely N-dealkylation sites (N-methyl/N-ethyl adjacent to an activating group) is 1. The van der Waals surface area contributed by atoms with Gasteiger partial charge in [0.25, 0.3) is 0 Å². The Balaban J connectivity index is 1.34. The van der Waals surface area contributed by atoms with E-state index >= 15 is 0 Å². The molecule has 230 valence electrons. The van der Waals surface area contributed by atoms with Crippen molar-refractivity contribution in [3.63, 3.8) is 0 Å². The van der Waals surface area contributed by atoms with Gasteiger partial charge in [-0.2, -0.15) is 0 Å². The Hall–Kier alpha value is -4.82. The van der Waals surface area contributed by atoms with Gasteiger partial charge in [0.1, 0.15) is 0 Å². The van der Waals surface area contributed by atoms with E-state index in [-0.39, 0.29) is 0 Å². The molecule has 0 aromatic heterocycles. The molecular weight excluding hydrogens is 556 g/mol. The molecule has 4 aromatic carbocycles. The number of hydrogen-bond acceptors (Lipinski definition) is 2. The lowest BCUT2D eigenvalue weighted by atomic mass is 10.0. The predicted octanol–water partition coefficient (Wildman–Crippen LogP) is 11.4. The van der Waals surface area contributed by atoms with E-state index < -0.39 is 0 Å². The van der Waals surface area contributed by atoms with Gasteiger partial charge in [0.05, 0.1) is 5.70 Å². The van der Waals surface area contributed by atoms with Gasteiger partial charge >= 0.3 is 0 Å². The maximum Gasteiger partial charge on any atom is 0.0525 e. The third-order valence-electron chi connectivity index (χ3n) is 9.77. The second-order valence-corrected chi connectivity index (χ2v) is 12.8. The lowest BCUT2D eigenvalue weighted by Crippen LogP contribution is -2.18. The van der Waals surface area contributed by atoms with Crippen LogP contribution >= 0.6 is 0 Å². The van der Waals surface area contributed by atoms with Crippen LogP contribution in [0.5, 0.6) is 0 Å². The zero-order chi connectivity index (χ0) is 31.6. The van der Waals surface area contributed by atoms with Crippen LogP contribution in [0.2, 0.25) is 0 Å². The molecule has 0 fully saturated rings. The van der Waals surface area contributed by atoms with Gasteiger partial charge in [0.15, 0.2) is 0 Å². The first-order chi connectivity index (χ1) is 22.5. The molecule has 0 bridgehead atoms. The first kappa shape index (κ1) is 29.9. The highest BCUT2D eigenvalue weighted by Crippen LogP contribution is 2.43. The zero-order valence-electron chi connectivity index (χ0n) is 27.7. The average molecular weight is 601 g/mol. The fraction of sp³-hybridized carbons (Fsp3) is 0.227. The Morgan fingerprint density at radius 3 is 2.00 bits per heavy atom. The third-order valence-corrected chi connectivity index (χ3v) is 9.77. The summed E-state index contributed by atoms with van der Waals surface area (Å²) in [4.78, 5) is 4.96. The summed E-state index contributed by atoms with van der Waals surface area (Å²) in [5.74, 6) is 0. The maximum absolute atomic E-state index is 2.49. The molecule has 0 amide bonds. The van der Waals surface area contributed by atoms with Crippen LogP contribution in [-0.4, -0.2) is 6.54 Å². The molecule has 46 heavy (non-hydrogen) atoms. The number of allylic oxidation sites excluding steroid dienone is 9. The van der Waals surface area contributed by atoms with Crippen LogP contribution < -0.4 is 9.80 Å². The topological polar surface area (TPSA) is 6.48 Å². The fourth-order valence-electron chi connectivity index (χ4n) is 7.51. The van der Waals surface area contributed by atoms with Crippen molar-refractivity contribution in [2.75, 3.05) is 16.3 Å². The second kappa shape index (κ2) is 12.9. The van der Waals surface area contributed by atoms with E-state index in [0.717, 1.165) is 38.6 Å². The molecule has 0 N–H and O–H groups in total. The SMILES string of the molecule is CCC1=C(/C=C/C2=C(N(c3ccccc3)c3ccccc3)C(=C/C=C3/Cc4ccc(C)cc4N3CC)/CC2)Cc2ccc(C)cc21. The van der Waals surface area contributed by atoms with Gasteiger partial charge in [-0.05, 0) is 127 Å². The Morgan fingerprint density at radius 1 is 0.674 bits per heavy atom. The Bertz CT molecular complexity index is 1880. The minimum absolute atomic E-state index is 0.971. The largest absolute Gasteiger partial charge is 0.345 e. The summed E-state index contributed by atoms with van der Waals surface area (Å²) in [7, 11) is 0. The van der Waals surface area contributed by atoms with Crippen molar-refractivity contribution in [3.05, 3.63) is 177 Å². The molecule has 0 saturated carbocycles. The summed E-state index contributed by atoms with van der Waals surface area (Å²) in [6.45, 7) is 9.92. The number of fused-ring (bicyclic) bond motifs is 2. The lowest BCUT2D eigenvalue weighted by Gasteiger charge is -2.28. The summed E-state index contributed by atoms with van der Waals surface area (Å²) < 4.78 is 0. The van der Waals surface area contributed by atoms with E-state index in [4.69, 9.17) is 0 Å². The van der Waals surface area contributed by atoms with Crippen LogP contribution in [0.3, 0.4) is 0 Å². The van der Waals surface area contributed by atoms with E-state index in [9.17, 15) is 0 Å². The van der Waals surface area contributed by atoms with Gasteiger partial charge in [-0.25, -0.2) is 0 Å². The van der Waals surface area contributed by atoms with Gasteiger partial charge < -0.3 is 9.80 Å². The first-order valence-corrected chi connectivity index (χ1v) is 16.9. The van der Waals surface area contributed by atoms with Crippen LogP contribution in [0.15, 0.2) is 149 Å². The Kier molecular flexibility index (Phi) is 8.37. The number of anilines is 3. The predicted molar refractivity (Wildman–Crippen MR) is 197 cm³/mol. The molecule has 4 aromatic rings. The van der Waals surface area contributed by atoms with Gasteiger partial charge in [0.2, 0.25) is 0 Å². The summed E-state index contributed by atoms with van der Waals surface area (Å²) >= 11 is 0. The van der Waals surface area contributed by atoms with Gasteiger partial charge in [-0.1, -0.05) is 97.4 Å². The highest BCUT2D eigenvalue weighted by molar-refractivity contribution is 5.79. The summed E-state index contributed by atoms with van der Waals surface area (Å²) in [5.41, 5.74) is 19.1. The normalized spacial score (nSPS) is 17.6. The monoisotopic (exact) mass is 600 g/mol. The van der Waals surface area contributed by atoms with Crippen LogP contribution in [-0.2, 0) is 12.8 Å². The van der Waals surface area contributed by atoms with Gasteiger partial charge in [0, 0.05) is 35.7 Å². The fourth-order valence-corrected chi connectivity index (χ4v) is 7.51. The number of para-hydroxylation sites is 2. The molecule has 2 heteroatoms. The number of rotatable bonds is 8. The first-order valence-electron chi connectivity index (χ1n) is 16.9. The van der Waals surface area contributed by atoms with E-state index in [1.165, 1.54) is 78.6 Å². The molecular formula is C44H44N2. The molecule has 0 radical (unpaired) electrons. The summed E-state index contributed by atoms with van der Waals surface area (Å²) in [5, 5.41) is 0. The van der Waals surface area contributed by atoms with Gasteiger partial charge in [-0.15, -0.1) is 0 Å². The smallest absolute Gasteiger partial charge is 0.0525 e. The van der Waals surface area contributed by atoms with Crippen LogP contribution in [0.4, 0.5) is 17.1 Å². The second-order valence-electron chi connectivity index (χ2n) is 12.8. The Morgan fingerprint density at radius 2 is 1.33 bits per heavy atom. The molecule has 2 aliphatic carbocycles. The van der Waals surface area contributed by atoms with Crippen molar-refractivity contribution in [3.8, 4) is 0 Å². The Labute approximate surface area is 275 Å². The van der Waals surface area contributed by atoms with E-state index in [0.29, 0.717) is 0 Å². The average Bonchev–Trinajstić information content (AvgIpc) is 3.75. The zero-order valence-corrected chi connectivity index (χ0v) is 27.7. The third kappa shape index (κ3) is 5.69. The molecule has 3 aliphatic rings. The highest BCUT2D eigenvalue weighted by atomic mass is 15.2. The van der Waals surface area contributed by atoms with Crippen molar-refractivity contribution >= 4 is 22.6 Å². The number of benzene rings is 4. The standard InChI is InChI=1S/C44H44N2/c1-5-41-35(29-36-19-17-31(3)27-42(36)41)24-23-33-21-22-34(25-26-40-30-37-20-18-32(4)28-43(37)45(40)6-2)44(33)46(38-13-9-7-10-14-38)39-15-11-8-12-16-39/h7-20,23-28H,5-6,21-22,29-30H2,1-4H3/b24-23+,34-25+,40-26-. The minimum atomic E-state index is 0.971. The van der Waals surface area contributed by atoms with E-state index in [2.05, 4.69) is 159 Å². The summed E-state index contributed by atoms with van der Waals surface area (Å²) in [6.07, 6.45) is 14.7. The van der Waals surface area contributed by atoms with E-state index in [1.54, 1.807) is 0 Å². The lowest BCUT2D eigenvalue weighted by molar-refractivity contribution is 0.964. The van der Waals surface area contributed by atoms with E-state index in [1.807, 2.05) is 0 Å². The molecule has 2 nitrogen and oxygen atoms in total. The molecule has 0 unspecified atom stereocenters. The van der Waals surface area contributed by atoms with Crippen molar-refractivity contribution in [1.82, 2.24) is 0 Å². The molecule has 0 atom stereocenters. The van der Waals surface area contributed by atoms with Crippen molar-refractivity contribution in [2.24, 2.45) is 0 Å².